The Hall–Kier alpha value is -2.21. The summed E-state index contributed by atoms with van der Waals surface area (Å²) in [5.74, 6) is -0.439. The zero-order valence-electron chi connectivity index (χ0n) is 12.4. The summed E-state index contributed by atoms with van der Waals surface area (Å²) >= 11 is 1.11. The van der Waals surface area contributed by atoms with Gasteiger partial charge in [0.2, 0.25) is 5.78 Å². The summed E-state index contributed by atoms with van der Waals surface area (Å²) in [5, 5.41) is 12.3. The van der Waals surface area contributed by atoms with Crippen molar-refractivity contribution < 1.29 is 19.4 Å². The fourth-order valence-corrected chi connectivity index (χ4v) is 2.57. The molecular weight excluding hydrogens is 302 g/mol. The van der Waals surface area contributed by atoms with Crippen molar-refractivity contribution in [2.75, 3.05) is 6.61 Å². The topological polar surface area (TPSA) is 79.3 Å². The van der Waals surface area contributed by atoms with Crippen molar-refractivity contribution in [3.8, 4) is 5.75 Å². The van der Waals surface area contributed by atoms with E-state index in [-0.39, 0.29) is 23.8 Å². The van der Waals surface area contributed by atoms with Crippen LogP contribution in [0.2, 0.25) is 0 Å². The maximum Gasteiger partial charge on any atom is 0.228 e. The van der Waals surface area contributed by atoms with Crippen molar-refractivity contribution in [3.05, 3.63) is 45.9 Å². The van der Waals surface area contributed by atoms with E-state index >= 15 is 0 Å². The van der Waals surface area contributed by atoms with Crippen LogP contribution < -0.4 is 9.84 Å². The van der Waals surface area contributed by atoms with Gasteiger partial charge >= 0.3 is 0 Å². The molecule has 2 rings (SSSR count). The Balaban J connectivity index is 1.92. The quantitative estimate of drug-likeness (QED) is 0.728. The number of carbonyl (C=O) groups excluding carboxylic acids is 2. The van der Waals surface area contributed by atoms with Crippen molar-refractivity contribution in [1.29, 1.82) is 0 Å². The number of hydrogen-bond acceptors (Lipinski definition) is 6. The number of carboxylic acid groups (broad SMARTS) is 1. The van der Waals surface area contributed by atoms with E-state index in [0.717, 1.165) is 11.3 Å². The summed E-state index contributed by atoms with van der Waals surface area (Å²) < 4.78 is 5.44. The summed E-state index contributed by atoms with van der Waals surface area (Å²) in [5.41, 5.74) is 1.53. The first kappa shape index (κ1) is 16.2. The number of aliphatic carboxylic acids is 1. The smallest absolute Gasteiger partial charge is 0.228 e. The number of benzene rings is 1. The molecule has 0 aliphatic carbocycles. The minimum absolute atomic E-state index is 0.126. The zero-order chi connectivity index (χ0) is 16.1. The molecule has 0 bridgehead atoms. The first-order valence-electron chi connectivity index (χ1n) is 6.86. The van der Waals surface area contributed by atoms with Gasteiger partial charge in [0.05, 0.1) is 5.69 Å². The monoisotopic (exact) mass is 318 g/mol. The standard InChI is InChI=1S/C16H17NO4S/c1-10(2)11-3-5-13(6-4-11)21-8-14(18)16-17-12(9-22-16)7-15(19)20/h3-6,9-10H,7-8H2,1-2H3,(H,19,20)/p-1. The van der Waals surface area contributed by atoms with Crippen LogP contribution in [-0.4, -0.2) is 23.3 Å². The summed E-state index contributed by atoms with van der Waals surface area (Å²) in [6.07, 6.45) is -0.290. The van der Waals surface area contributed by atoms with Crippen LogP contribution in [0.1, 0.15) is 40.8 Å². The lowest BCUT2D eigenvalue weighted by Gasteiger charge is -2.07. The molecule has 5 nitrogen and oxygen atoms in total. The average molecular weight is 318 g/mol. The molecule has 1 heterocycles. The van der Waals surface area contributed by atoms with Gasteiger partial charge in [-0.05, 0) is 23.6 Å². The molecule has 1 aromatic carbocycles. The van der Waals surface area contributed by atoms with Crippen LogP contribution >= 0.6 is 11.3 Å². The minimum Gasteiger partial charge on any atom is -0.550 e. The Morgan fingerprint density at radius 2 is 1.95 bits per heavy atom. The average Bonchev–Trinajstić information content (AvgIpc) is 2.93. The van der Waals surface area contributed by atoms with Gasteiger partial charge in [-0.25, -0.2) is 4.98 Å². The first-order valence-corrected chi connectivity index (χ1v) is 7.74. The number of aromatic nitrogens is 1. The van der Waals surface area contributed by atoms with Gasteiger partial charge in [0.15, 0.2) is 11.6 Å². The van der Waals surface area contributed by atoms with E-state index in [2.05, 4.69) is 18.8 Å². The third-order valence-electron chi connectivity index (χ3n) is 3.03. The van der Waals surface area contributed by atoms with Crippen LogP contribution in [0.5, 0.6) is 5.75 Å². The van der Waals surface area contributed by atoms with E-state index < -0.39 is 5.97 Å². The highest BCUT2D eigenvalue weighted by Crippen LogP contribution is 2.19. The third-order valence-corrected chi connectivity index (χ3v) is 3.96. The fraction of sp³-hybridized carbons (Fsp3) is 0.312. The lowest BCUT2D eigenvalue weighted by Crippen LogP contribution is -2.24. The molecule has 116 valence electrons. The van der Waals surface area contributed by atoms with Crippen LogP contribution in [0.25, 0.3) is 0 Å². The molecule has 0 radical (unpaired) electrons. The molecule has 0 aliphatic rings. The number of thiazole rings is 1. The largest absolute Gasteiger partial charge is 0.550 e. The van der Waals surface area contributed by atoms with E-state index in [1.807, 2.05) is 24.3 Å². The number of carbonyl (C=O) groups is 2. The highest BCUT2D eigenvalue weighted by Gasteiger charge is 2.12. The van der Waals surface area contributed by atoms with E-state index in [4.69, 9.17) is 4.74 Å². The third kappa shape index (κ3) is 4.39. The van der Waals surface area contributed by atoms with E-state index in [1.165, 1.54) is 5.56 Å². The predicted molar refractivity (Wildman–Crippen MR) is 81.2 cm³/mol. The molecule has 0 unspecified atom stereocenters. The second-order valence-electron chi connectivity index (χ2n) is 5.13. The highest BCUT2D eigenvalue weighted by molar-refractivity contribution is 7.11. The molecule has 1 aromatic heterocycles. The molecule has 0 atom stereocenters. The Labute approximate surface area is 132 Å². The molecule has 22 heavy (non-hydrogen) atoms. The normalized spacial score (nSPS) is 10.7. The van der Waals surface area contributed by atoms with Crippen molar-refractivity contribution in [2.24, 2.45) is 0 Å². The second kappa shape index (κ2) is 7.17. The number of Topliss-reactive ketones (excluding diaryl/α,β-unsaturated/α-hetero) is 1. The molecule has 0 fully saturated rings. The van der Waals surface area contributed by atoms with Crippen LogP contribution in [0.3, 0.4) is 0 Å². The minimum atomic E-state index is -1.22. The highest BCUT2D eigenvalue weighted by atomic mass is 32.1. The van der Waals surface area contributed by atoms with Gasteiger partial charge in [-0.2, -0.15) is 0 Å². The molecule has 0 aliphatic heterocycles. The van der Waals surface area contributed by atoms with Crippen LogP contribution in [0, 0.1) is 0 Å². The van der Waals surface area contributed by atoms with Gasteiger partial charge < -0.3 is 14.6 Å². The number of ketones is 1. The van der Waals surface area contributed by atoms with Crippen LogP contribution in [0.15, 0.2) is 29.6 Å². The molecule has 2 aromatic rings. The predicted octanol–water partition coefficient (Wildman–Crippen LogP) is 1.82. The molecule has 0 amide bonds. The summed E-state index contributed by atoms with van der Waals surface area (Å²) in [6, 6.07) is 7.58. The van der Waals surface area contributed by atoms with Crippen molar-refractivity contribution in [2.45, 2.75) is 26.2 Å². The number of hydrogen-bond donors (Lipinski definition) is 0. The molecule has 0 saturated carbocycles. The van der Waals surface area contributed by atoms with Gasteiger partial charge in [-0.1, -0.05) is 26.0 Å². The maximum absolute atomic E-state index is 12.0. The second-order valence-corrected chi connectivity index (χ2v) is 5.99. The van der Waals surface area contributed by atoms with E-state index in [0.29, 0.717) is 17.4 Å². The first-order chi connectivity index (χ1) is 10.5. The van der Waals surface area contributed by atoms with E-state index in [1.54, 1.807) is 5.38 Å². The molecule has 0 saturated heterocycles. The Bertz CT molecular complexity index is 661. The van der Waals surface area contributed by atoms with Crippen molar-refractivity contribution >= 4 is 23.1 Å². The lowest BCUT2D eigenvalue weighted by atomic mass is 10.0. The Morgan fingerprint density at radius 3 is 2.55 bits per heavy atom. The lowest BCUT2D eigenvalue weighted by molar-refractivity contribution is -0.304. The molecule has 0 N–H and O–H groups in total. The maximum atomic E-state index is 12.0. The molecule has 0 spiro atoms. The van der Waals surface area contributed by atoms with E-state index in [9.17, 15) is 14.7 Å². The number of nitrogens with zero attached hydrogens (tertiary/aromatic N) is 1. The Kier molecular flexibility index (Phi) is 5.27. The Morgan fingerprint density at radius 1 is 1.27 bits per heavy atom. The number of ether oxygens (including phenoxy) is 1. The van der Waals surface area contributed by atoms with Crippen molar-refractivity contribution in [3.63, 3.8) is 0 Å². The fourth-order valence-electron chi connectivity index (χ4n) is 1.82. The summed E-state index contributed by atoms with van der Waals surface area (Å²) in [4.78, 5) is 26.4. The van der Waals surface area contributed by atoms with Gasteiger partial charge in [0, 0.05) is 17.8 Å². The molecular formula is C16H16NO4S-. The zero-order valence-corrected chi connectivity index (χ0v) is 13.2. The van der Waals surface area contributed by atoms with Gasteiger partial charge in [0.25, 0.3) is 0 Å². The van der Waals surface area contributed by atoms with Crippen molar-refractivity contribution in [1.82, 2.24) is 4.98 Å². The van der Waals surface area contributed by atoms with Gasteiger partial charge in [-0.15, -0.1) is 11.3 Å². The number of carboxylic acids is 1. The molecule has 6 heteroatoms. The SMILES string of the molecule is CC(C)c1ccc(OCC(=O)c2nc(CC(=O)[O-])cs2)cc1. The number of rotatable bonds is 7. The van der Waals surface area contributed by atoms with Crippen LogP contribution in [0.4, 0.5) is 0 Å². The summed E-state index contributed by atoms with van der Waals surface area (Å²) in [6.45, 7) is 4.08. The van der Waals surface area contributed by atoms with Gasteiger partial charge in [0.1, 0.15) is 5.75 Å². The van der Waals surface area contributed by atoms with Gasteiger partial charge in [-0.3, -0.25) is 4.79 Å². The summed E-state index contributed by atoms with van der Waals surface area (Å²) in [7, 11) is 0. The van der Waals surface area contributed by atoms with Crippen LogP contribution in [-0.2, 0) is 11.2 Å².